The van der Waals surface area contributed by atoms with Gasteiger partial charge >= 0.3 is 110 Å². The zero-order valence-electron chi connectivity index (χ0n) is 62.7. The summed E-state index contributed by atoms with van der Waals surface area (Å²) in [5.74, 6) is 4.12. The maximum atomic E-state index is 11.0. The van der Waals surface area contributed by atoms with Crippen LogP contribution in [0.3, 0.4) is 0 Å². The molecule has 0 spiro atoms. The van der Waals surface area contributed by atoms with Crippen molar-refractivity contribution in [2.75, 3.05) is 68.0 Å². The van der Waals surface area contributed by atoms with Gasteiger partial charge in [-0.25, -0.2) is 0 Å². The van der Waals surface area contributed by atoms with Crippen molar-refractivity contribution < 1.29 is 172 Å². The van der Waals surface area contributed by atoms with Crippen molar-refractivity contribution in [1.29, 1.82) is 0 Å². The largest absolute Gasteiger partial charge is 1.00 e. The standard InChI is InChI=1S/C16H12O2S.C15H11BrOS.C15H12OS.C10H13BrO2S.C8H5BrS.C7H9BO3.C6H5BrS.C4H9BrO2.CH2O3.2K.H/c1-18-13-5-2-11(3-6-13)14-7-4-12(10-17)15-8-9-19-16(14)15;1-17-11-4-2-10(3-5-11)12-6-7-14(16)13-8-9-18-15(12)13;1-16-13-7-5-11(6-8-13)14-4-2-3-12-9-10-17-15(12)14;1-12-10(13-2)7-14-9-6-4-3-5-8(9)11;9-7-3-1-2-6-4-5-10-8(6)7;1-11-7-4-2-6(3-5-7)8(9)10;7-5-3-1-2-4-6(5)8;1-6-4(3-5)7-2;2-1-4-3;;;/h2-10H,1H3;2-9H,1H3;2-10H,1H3;3-6,10H,7H2,1-2H3;1-5H;2-5,9-10H,1H3;1-4,8H;4H,3H2,1-2H3;1,3H;;;/q;;;;;;;;;2*+1;-1/p-1. The number of fused-ring (bicyclic) bond motifs is 4. The quantitative estimate of drug-likeness (QED) is 0.0108. The molecule has 110 heavy (non-hydrogen) atoms. The van der Waals surface area contributed by atoms with Crippen molar-refractivity contribution in [3.8, 4) is 56.4 Å². The van der Waals surface area contributed by atoms with E-state index in [2.05, 4.69) is 210 Å². The molecule has 2 N–H and O–H groups in total. The number of thioether (sulfide) groups is 1. The average molecular weight is 1970 g/mol. The Kier molecular flexibility index (Phi) is 50.3. The van der Waals surface area contributed by atoms with E-state index in [0.717, 1.165) is 79.7 Å². The molecule has 28 heteroatoms. The summed E-state index contributed by atoms with van der Waals surface area (Å²) in [5, 5.41) is 39.9. The molecule has 0 fully saturated rings. The molecule has 0 radical (unpaired) electrons. The normalized spacial score (nSPS) is 10.0. The molecule has 0 saturated heterocycles. The first-order valence-electron chi connectivity index (χ1n) is 32.3. The van der Waals surface area contributed by atoms with E-state index >= 15 is 0 Å². The Bertz CT molecular complexity index is 4900. The molecule has 0 saturated carbocycles. The molecule has 10 aromatic carbocycles. The van der Waals surface area contributed by atoms with Gasteiger partial charge in [0.25, 0.3) is 6.47 Å². The fraction of sp³-hybridized carbons (Fsp3) is 0.146. The molecule has 566 valence electrons. The number of carbonyl (C=O) groups excluding carboxylic acids is 2. The van der Waals surface area contributed by atoms with E-state index in [-0.39, 0.29) is 123 Å². The predicted molar refractivity (Wildman–Crippen MR) is 471 cm³/mol. The monoisotopic (exact) mass is 1960 g/mol. The number of hydrogen-bond acceptors (Lipinski definition) is 20. The van der Waals surface area contributed by atoms with Gasteiger partial charge in [0.1, 0.15) is 23.0 Å². The average Bonchev–Trinajstić information content (AvgIpc) is 1.69. The first kappa shape index (κ1) is 98.9. The Balaban J connectivity index is 0.000000331. The van der Waals surface area contributed by atoms with Crippen molar-refractivity contribution in [2.24, 2.45) is 0 Å². The molecule has 14 rings (SSSR count). The van der Waals surface area contributed by atoms with Crippen LogP contribution in [0, 0.1) is 0 Å². The van der Waals surface area contributed by atoms with Crippen molar-refractivity contribution in [2.45, 2.75) is 22.4 Å². The minimum absolute atomic E-state index is 0. The summed E-state index contributed by atoms with van der Waals surface area (Å²) in [5.41, 5.74) is 8.50. The SMILES string of the molecule is Brc1cccc2ccsc12.COC(CBr)OC.COC(CSc1ccccc1Br)OC.COc1ccc(-c2ccc(Br)c3ccsc23)cc1.COc1ccc(-c2ccc(C=O)c3ccsc23)cc1.COc1ccc(-c2cccc3ccsc23)cc1.COc1ccc(B(O)O)cc1.O=CO[O-].Sc1ccccc1Br.[H-].[K+].[K+]. The van der Waals surface area contributed by atoms with Crippen molar-refractivity contribution in [3.05, 3.63) is 275 Å². The number of ether oxygens (including phenoxy) is 8. The molecule has 0 amide bonds. The molecular formula is C82H78BBr5K2O14S6. The fourth-order valence-corrected chi connectivity index (χ4v) is 17.0. The van der Waals surface area contributed by atoms with E-state index in [9.17, 15) is 4.79 Å². The van der Waals surface area contributed by atoms with Crippen LogP contribution in [0.1, 0.15) is 11.8 Å². The van der Waals surface area contributed by atoms with Crippen molar-refractivity contribution in [1.82, 2.24) is 0 Å². The van der Waals surface area contributed by atoms with Gasteiger partial charge in [-0.2, -0.15) is 0 Å². The van der Waals surface area contributed by atoms with Crippen LogP contribution >= 0.6 is 149 Å². The Labute approximate surface area is 797 Å². The number of alkyl halides is 1. The van der Waals surface area contributed by atoms with E-state index in [1.807, 2.05) is 115 Å². The van der Waals surface area contributed by atoms with Crippen LogP contribution in [0.15, 0.2) is 280 Å². The second-order valence-electron chi connectivity index (χ2n) is 21.6. The van der Waals surface area contributed by atoms with Crippen LogP contribution in [0.4, 0.5) is 0 Å². The maximum Gasteiger partial charge on any atom is 1.00 e. The van der Waals surface area contributed by atoms with E-state index in [1.54, 1.807) is 138 Å². The van der Waals surface area contributed by atoms with Crippen LogP contribution in [0.2, 0.25) is 0 Å². The number of aldehydes is 1. The molecule has 0 aliphatic carbocycles. The molecular weight excluding hydrogens is 1890 g/mol. The van der Waals surface area contributed by atoms with E-state index in [4.69, 9.17) is 58.0 Å². The van der Waals surface area contributed by atoms with E-state index < -0.39 is 7.12 Å². The summed E-state index contributed by atoms with van der Waals surface area (Å²) in [4.78, 5) is 24.5. The summed E-state index contributed by atoms with van der Waals surface area (Å²) in [6, 6.07) is 76.1. The molecule has 0 bridgehead atoms. The molecule has 4 heterocycles. The molecule has 14 nitrogen and oxygen atoms in total. The van der Waals surface area contributed by atoms with Crippen LogP contribution < -0.4 is 132 Å². The third-order valence-electron chi connectivity index (χ3n) is 15.1. The molecule has 0 atom stereocenters. The van der Waals surface area contributed by atoms with Crippen LogP contribution in [-0.4, -0.2) is 110 Å². The topological polar surface area (TPSA) is 181 Å². The number of rotatable bonds is 18. The Hall–Kier alpha value is -3.46. The Morgan fingerprint density at radius 3 is 1.26 bits per heavy atom. The minimum Gasteiger partial charge on any atom is -1.00 e. The number of benzene rings is 10. The van der Waals surface area contributed by atoms with Gasteiger partial charge in [-0.05, 0) is 228 Å². The van der Waals surface area contributed by atoms with Gasteiger partial charge < -0.3 is 59.5 Å². The molecule has 0 unspecified atom stereocenters. The second-order valence-corrected chi connectivity index (χ2v) is 30.9. The molecule has 14 aromatic rings. The number of carbonyl (C=O) groups is 2. The predicted octanol–water partition coefficient (Wildman–Crippen LogP) is 16.8. The first-order valence-corrected chi connectivity index (χ1v) is 41.5. The Morgan fingerprint density at radius 1 is 0.445 bits per heavy atom. The van der Waals surface area contributed by atoms with E-state index in [0.29, 0.717) is 11.2 Å². The number of methoxy groups -OCH3 is 8. The Morgan fingerprint density at radius 2 is 0.845 bits per heavy atom. The van der Waals surface area contributed by atoms with Crippen LogP contribution in [0.5, 0.6) is 23.0 Å². The summed E-state index contributed by atoms with van der Waals surface area (Å²) in [7, 11) is 11.7. The second kappa shape index (κ2) is 56.0. The first-order chi connectivity index (χ1) is 52.5. The fourth-order valence-electron chi connectivity index (χ4n) is 9.56. The van der Waals surface area contributed by atoms with Crippen molar-refractivity contribution in [3.63, 3.8) is 0 Å². The smallest absolute Gasteiger partial charge is 1.00 e. The molecule has 0 aliphatic heterocycles. The van der Waals surface area contributed by atoms with Gasteiger partial charge in [0.15, 0.2) is 18.9 Å². The third-order valence-corrected chi connectivity index (χ3v) is 24.6. The van der Waals surface area contributed by atoms with Gasteiger partial charge in [-0.1, -0.05) is 153 Å². The van der Waals surface area contributed by atoms with Gasteiger partial charge in [-0.3, -0.25) is 9.59 Å². The van der Waals surface area contributed by atoms with Gasteiger partial charge in [0.05, 0.1) is 33.8 Å². The van der Waals surface area contributed by atoms with E-state index in [1.165, 1.54) is 61.9 Å². The number of hydrogen-bond donors (Lipinski definition) is 3. The van der Waals surface area contributed by atoms with Gasteiger partial charge in [-0.15, -0.1) is 69.7 Å². The van der Waals surface area contributed by atoms with Gasteiger partial charge in [0.2, 0.25) is 0 Å². The number of halogens is 5. The zero-order chi connectivity index (χ0) is 78.2. The third kappa shape index (κ3) is 32.2. The summed E-state index contributed by atoms with van der Waals surface area (Å²) in [6.45, 7) is -0.181. The minimum atomic E-state index is -1.40. The molecule has 4 aromatic heterocycles. The van der Waals surface area contributed by atoms with Crippen LogP contribution in [-0.2, 0) is 28.6 Å². The van der Waals surface area contributed by atoms with Gasteiger partial charge in [0, 0.05) is 97.0 Å². The summed E-state index contributed by atoms with van der Waals surface area (Å²) < 4.78 is 49.8. The number of thiol groups is 1. The molecule has 0 aliphatic rings. The van der Waals surface area contributed by atoms with Crippen LogP contribution in [0.25, 0.3) is 73.7 Å². The van der Waals surface area contributed by atoms with Crippen molar-refractivity contribution >= 4 is 215 Å². The summed E-state index contributed by atoms with van der Waals surface area (Å²) in [6.07, 6.45) is 0.666. The number of thiophene rings is 4. The maximum absolute atomic E-state index is 11.0. The zero-order valence-corrected chi connectivity index (χ0v) is 80.9. The summed E-state index contributed by atoms with van der Waals surface area (Å²) >= 11 is 29.9.